The van der Waals surface area contributed by atoms with Gasteiger partial charge in [-0.2, -0.15) is 4.57 Å². The number of aromatic nitrogens is 1. The van der Waals surface area contributed by atoms with E-state index >= 15 is 0 Å². The summed E-state index contributed by atoms with van der Waals surface area (Å²) < 4.78 is 2.03. The first-order valence-electron chi connectivity index (χ1n) is 7.69. The van der Waals surface area contributed by atoms with E-state index in [1.807, 2.05) is 16.8 Å². The first-order valence-corrected chi connectivity index (χ1v) is 7.69. The maximum Gasteiger partial charge on any atom is 0.206 e. The second-order valence-corrected chi connectivity index (χ2v) is 6.17. The van der Waals surface area contributed by atoms with E-state index in [0.29, 0.717) is 13.0 Å². The molecule has 2 heteroatoms. The van der Waals surface area contributed by atoms with E-state index in [1.165, 1.54) is 35.1 Å². The molecule has 1 aliphatic carbocycles. The molecule has 1 saturated carbocycles. The molecular weight excluding hydrogens is 258 g/mol. The predicted molar refractivity (Wildman–Crippen MR) is 83.2 cm³/mol. The number of hydrogen-bond acceptors (Lipinski definition) is 1. The Morgan fingerprint density at radius 2 is 1.86 bits per heavy atom. The summed E-state index contributed by atoms with van der Waals surface area (Å²) >= 11 is 0. The van der Waals surface area contributed by atoms with Crippen molar-refractivity contribution in [2.75, 3.05) is 0 Å². The van der Waals surface area contributed by atoms with Crippen molar-refractivity contribution in [3.63, 3.8) is 0 Å². The zero-order valence-corrected chi connectivity index (χ0v) is 12.8. The van der Waals surface area contributed by atoms with Crippen LogP contribution in [0.5, 0.6) is 0 Å². The summed E-state index contributed by atoms with van der Waals surface area (Å²) in [5, 5.41) is 0. The maximum absolute atomic E-state index is 12.4. The molecule has 0 saturated heterocycles. The largest absolute Gasteiger partial charge is 0.292 e. The van der Waals surface area contributed by atoms with Crippen LogP contribution in [0, 0.1) is 13.8 Å². The van der Waals surface area contributed by atoms with Crippen LogP contribution in [0.4, 0.5) is 0 Å². The molecule has 1 fully saturated rings. The number of carbonyl (C=O) groups is 1. The van der Waals surface area contributed by atoms with Crippen molar-refractivity contribution in [3.8, 4) is 0 Å². The topological polar surface area (TPSA) is 20.9 Å². The highest BCUT2D eigenvalue weighted by Crippen LogP contribution is 2.39. The number of benzene rings is 1. The van der Waals surface area contributed by atoms with Gasteiger partial charge in [-0.3, -0.25) is 4.79 Å². The molecule has 2 aromatic rings. The van der Waals surface area contributed by atoms with E-state index in [1.54, 1.807) is 0 Å². The molecule has 3 rings (SSSR count). The molecule has 1 aromatic carbocycles. The van der Waals surface area contributed by atoms with E-state index in [0.717, 1.165) is 5.92 Å². The van der Waals surface area contributed by atoms with Crippen molar-refractivity contribution in [1.29, 1.82) is 0 Å². The van der Waals surface area contributed by atoms with Crippen molar-refractivity contribution in [2.24, 2.45) is 0 Å². The highest BCUT2D eigenvalue weighted by Gasteiger charge is 2.25. The van der Waals surface area contributed by atoms with Crippen LogP contribution in [-0.2, 0) is 17.8 Å². The molecule has 0 spiro atoms. The summed E-state index contributed by atoms with van der Waals surface area (Å²) in [7, 11) is 0. The molecule has 0 N–H and O–H groups in total. The minimum absolute atomic E-state index is 0.269. The zero-order valence-electron chi connectivity index (χ0n) is 12.8. The van der Waals surface area contributed by atoms with Crippen LogP contribution in [0.1, 0.15) is 41.0 Å². The Kier molecular flexibility index (Phi) is 3.87. The van der Waals surface area contributed by atoms with Crippen molar-refractivity contribution >= 4 is 5.78 Å². The highest BCUT2D eigenvalue weighted by molar-refractivity contribution is 5.80. The van der Waals surface area contributed by atoms with Crippen LogP contribution in [0.3, 0.4) is 0 Å². The van der Waals surface area contributed by atoms with E-state index in [2.05, 4.69) is 44.3 Å². The molecule has 0 amide bonds. The second kappa shape index (κ2) is 5.80. The molecule has 0 atom stereocenters. The van der Waals surface area contributed by atoms with E-state index in [-0.39, 0.29) is 5.78 Å². The summed E-state index contributed by atoms with van der Waals surface area (Å²) in [5.74, 6) is 0.997. The number of ketones is 1. The number of nitrogens with zero attached hydrogens (tertiary/aromatic N) is 1. The van der Waals surface area contributed by atoms with E-state index in [4.69, 9.17) is 0 Å². The molecular formula is C19H22NO+. The number of hydrogen-bond donors (Lipinski definition) is 0. The van der Waals surface area contributed by atoms with Gasteiger partial charge in [-0.15, -0.1) is 0 Å². The number of carbonyl (C=O) groups excluding carboxylic acids is 1. The fraction of sp³-hybridized carbons (Fsp3) is 0.368. The second-order valence-electron chi connectivity index (χ2n) is 6.17. The van der Waals surface area contributed by atoms with Crippen LogP contribution in [0.2, 0.25) is 0 Å². The molecule has 0 bridgehead atoms. The van der Waals surface area contributed by atoms with Crippen molar-refractivity contribution < 1.29 is 9.36 Å². The smallest absolute Gasteiger partial charge is 0.206 e. The fourth-order valence-corrected chi connectivity index (χ4v) is 2.88. The third-order valence-corrected chi connectivity index (χ3v) is 4.31. The third-order valence-electron chi connectivity index (χ3n) is 4.31. The summed E-state index contributed by atoms with van der Waals surface area (Å²) in [4.78, 5) is 12.4. The van der Waals surface area contributed by atoms with Crippen molar-refractivity contribution in [3.05, 3.63) is 65.0 Å². The molecule has 1 aromatic heterocycles. The van der Waals surface area contributed by atoms with Gasteiger partial charge in [0.2, 0.25) is 12.3 Å². The number of rotatable bonds is 5. The van der Waals surface area contributed by atoms with Crippen LogP contribution < -0.4 is 4.57 Å². The number of pyridine rings is 1. The van der Waals surface area contributed by atoms with Gasteiger partial charge >= 0.3 is 0 Å². The highest BCUT2D eigenvalue weighted by atomic mass is 16.1. The van der Waals surface area contributed by atoms with Gasteiger partial charge in [0.1, 0.15) is 0 Å². The van der Waals surface area contributed by atoms with Crippen molar-refractivity contribution in [2.45, 2.75) is 45.6 Å². The Hall–Kier alpha value is -1.96. The lowest BCUT2D eigenvalue weighted by atomic mass is 9.98. The van der Waals surface area contributed by atoms with E-state index in [9.17, 15) is 4.79 Å². The zero-order chi connectivity index (χ0) is 14.8. The predicted octanol–water partition coefficient (Wildman–Crippen LogP) is 3.28. The molecule has 1 aliphatic rings. The first kappa shape index (κ1) is 14.0. The average molecular weight is 280 g/mol. The van der Waals surface area contributed by atoms with Gasteiger partial charge in [0.15, 0.2) is 12.4 Å². The van der Waals surface area contributed by atoms with Gasteiger partial charge in [0.05, 0.1) is 0 Å². The Morgan fingerprint density at radius 3 is 2.52 bits per heavy atom. The van der Waals surface area contributed by atoms with E-state index < -0.39 is 0 Å². The lowest BCUT2D eigenvalue weighted by Crippen LogP contribution is -2.38. The number of aryl methyl sites for hydroxylation is 2. The molecule has 108 valence electrons. The first-order chi connectivity index (χ1) is 10.1. The molecule has 0 radical (unpaired) electrons. The summed E-state index contributed by atoms with van der Waals surface area (Å²) in [5.41, 5.74) is 4.97. The van der Waals surface area contributed by atoms with Gasteiger partial charge in [-0.05, 0) is 55.4 Å². The van der Waals surface area contributed by atoms with Gasteiger partial charge in [-0.25, -0.2) is 0 Å². The monoisotopic (exact) mass is 280 g/mol. The quantitative estimate of drug-likeness (QED) is 0.770. The Bertz CT molecular complexity index is 651. The standard InChI is InChI=1S/C19H22NO/c1-14-5-3-6-15(2)19(14)11-18(21)13-20-10-4-7-17(12-20)16-8-9-16/h3-7,10,12,16H,8-9,11,13H2,1-2H3/q+1. The van der Waals surface area contributed by atoms with Crippen LogP contribution in [0.25, 0.3) is 0 Å². The summed E-state index contributed by atoms with van der Waals surface area (Å²) in [6.07, 6.45) is 7.24. The van der Waals surface area contributed by atoms with Gasteiger partial charge in [0.25, 0.3) is 0 Å². The number of Topliss-reactive ketones (excluding diaryl/α,β-unsaturated/α-hetero) is 1. The minimum Gasteiger partial charge on any atom is -0.292 e. The fourth-order valence-electron chi connectivity index (χ4n) is 2.88. The molecule has 0 unspecified atom stereocenters. The molecule has 21 heavy (non-hydrogen) atoms. The average Bonchev–Trinajstić information content (AvgIpc) is 3.28. The Labute approximate surface area is 126 Å². The van der Waals surface area contributed by atoms with Crippen LogP contribution >= 0.6 is 0 Å². The third kappa shape index (κ3) is 3.38. The molecule has 1 heterocycles. The lowest BCUT2D eigenvalue weighted by Gasteiger charge is -2.07. The summed E-state index contributed by atoms with van der Waals surface area (Å²) in [6.45, 7) is 4.63. The Balaban J connectivity index is 1.70. The SMILES string of the molecule is Cc1cccc(C)c1CC(=O)C[n+]1cccc(C2CC2)c1. The molecule has 0 aliphatic heterocycles. The van der Waals surface area contributed by atoms with Gasteiger partial charge < -0.3 is 0 Å². The normalized spacial score (nSPS) is 14.2. The summed E-state index contributed by atoms with van der Waals surface area (Å²) in [6, 6.07) is 10.4. The molecule has 2 nitrogen and oxygen atoms in total. The minimum atomic E-state index is 0.269. The maximum atomic E-state index is 12.4. The van der Waals surface area contributed by atoms with Crippen molar-refractivity contribution in [1.82, 2.24) is 0 Å². The Morgan fingerprint density at radius 1 is 1.14 bits per heavy atom. The van der Waals surface area contributed by atoms with Gasteiger partial charge in [-0.1, -0.05) is 18.2 Å². The van der Waals surface area contributed by atoms with Gasteiger partial charge in [0, 0.05) is 18.1 Å². The van der Waals surface area contributed by atoms with Crippen LogP contribution in [-0.4, -0.2) is 5.78 Å². The lowest BCUT2D eigenvalue weighted by molar-refractivity contribution is -0.684. The van der Waals surface area contributed by atoms with Crippen LogP contribution in [0.15, 0.2) is 42.7 Å².